The van der Waals surface area contributed by atoms with Gasteiger partial charge in [0.2, 0.25) is 0 Å². The maximum absolute atomic E-state index is 6.46. The fourth-order valence-corrected chi connectivity index (χ4v) is 10.2. The van der Waals surface area contributed by atoms with Crippen molar-refractivity contribution < 1.29 is 4.42 Å². The van der Waals surface area contributed by atoms with Gasteiger partial charge in [-0.1, -0.05) is 158 Å². The van der Waals surface area contributed by atoms with E-state index in [0.29, 0.717) is 0 Å². The van der Waals surface area contributed by atoms with E-state index < -0.39 is 0 Å². The van der Waals surface area contributed by atoms with Gasteiger partial charge in [0.25, 0.3) is 0 Å². The fraction of sp³-hybridized carbons (Fsp3) is 0. The number of hydrogen-bond donors (Lipinski definition) is 0. The van der Waals surface area contributed by atoms with Gasteiger partial charge in [0, 0.05) is 30.9 Å². The molecule has 0 atom stereocenters. The molecule has 0 unspecified atom stereocenters. The number of para-hydroxylation sites is 1. The normalized spacial score (nSPS) is 12.1. The molecule has 1 nitrogen and oxygen atoms in total. The number of thiophene rings is 1. The van der Waals surface area contributed by atoms with Crippen molar-refractivity contribution in [3.05, 3.63) is 182 Å². The Morgan fingerprint density at radius 2 is 0.944 bits per heavy atom. The van der Waals surface area contributed by atoms with E-state index in [1.165, 1.54) is 107 Å². The van der Waals surface area contributed by atoms with E-state index >= 15 is 0 Å². The Labute approximate surface area is 314 Å². The molecule has 2 aromatic heterocycles. The van der Waals surface area contributed by atoms with E-state index in [-0.39, 0.29) is 0 Å². The minimum atomic E-state index is 0.940. The van der Waals surface area contributed by atoms with Crippen molar-refractivity contribution in [3.63, 3.8) is 0 Å². The van der Waals surface area contributed by atoms with Crippen LogP contribution in [0.5, 0.6) is 0 Å². The zero-order chi connectivity index (χ0) is 35.3. The lowest BCUT2D eigenvalue weighted by Gasteiger charge is -2.19. The van der Waals surface area contributed by atoms with Crippen LogP contribution in [0.2, 0.25) is 0 Å². The zero-order valence-electron chi connectivity index (χ0n) is 29.1. The lowest BCUT2D eigenvalue weighted by Crippen LogP contribution is -1.91. The van der Waals surface area contributed by atoms with E-state index in [1.54, 1.807) is 0 Å². The summed E-state index contributed by atoms with van der Waals surface area (Å²) in [5, 5.41) is 15.0. The van der Waals surface area contributed by atoms with Gasteiger partial charge in [-0.15, -0.1) is 11.3 Å². The van der Waals surface area contributed by atoms with Crippen LogP contribution in [-0.2, 0) is 0 Å². The average molecular weight is 703 g/mol. The van der Waals surface area contributed by atoms with Gasteiger partial charge in [0.15, 0.2) is 0 Å². The van der Waals surface area contributed by atoms with E-state index in [0.717, 1.165) is 11.2 Å². The Morgan fingerprint density at radius 1 is 0.352 bits per heavy atom. The molecule has 250 valence electrons. The van der Waals surface area contributed by atoms with Crippen LogP contribution in [0.3, 0.4) is 0 Å². The molecule has 0 fully saturated rings. The van der Waals surface area contributed by atoms with Crippen LogP contribution >= 0.6 is 11.3 Å². The number of rotatable bonds is 3. The first-order chi connectivity index (χ1) is 26.8. The predicted octanol–water partition coefficient (Wildman–Crippen LogP) is 15.6. The highest BCUT2D eigenvalue weighted by molar-refractivity contribution is 7.26. The molecule has 0 radical (unpaired) electrons. The minimum Gasteiger partial charge on any atom is -0.455 e. The van der Waals surface area contributed by atoms with Crippen molar-refractivity contribution in [1.29, 1.82) is 0 Å². The first kappa shape index (κ1) is 29.8. The summed E-state index contributed by atoms with van der Waals surface area (Å²) >= 11 is 1.86. The summed E-state index contributed by atoms with van der Waals surface area (Å²) < 4.78 is 9.02. The van der Waals surface area contributed by atoms with Crippen LogP contribution in [-0.4, -0.2) is 0 Å². The summed E-state index contributed by atoms with van der Waals surface area (Å²) in [5.74, 6) is 0. The van der Waals surface area contributed by atoms with Crippen LogP contribution in [0, 0.1) is 0 Å². The molecule has 0 saturated carbocycles. The molecule has 0 aliphatic rings. The minimum absolute atomic E-state index is 0.940. The van der Waals surface area contributed by atoms with E-state index in [4.69, 9.17) is 4.42 Å². The molecule has 0 saturated heterocycles. The summed E-state index contributed by atoms with van der Waals surface area (Å²) in [5.41, 5.74) is 9.42. The summed E-state index contributed by atoms with van der Waals surface area (Å²) in [7, 11) is 0. The van der Waals surface area contributed by atoms with Crippen LogP contribution in [0.25, 0.3) is 119 Å². The summed E-state index contributed by atoms with van der Waals surface area (Å²) in [6.45, 7) is 0. The lowest BCUT2D eigenvalue weighted by atomic mass is 9.84. The first-order valence-electron chi connectivity index (χ1n) is 18.5. The molecule has 2 heteroatoms. The highest BCUT2D eigenvalue weighted by Crippen LogP contribution is 2.47. The second-order valence-electron chi connectivity index (χ2n) is 14.3. The Kier molecular flexibility index (Phi) is 6.28. The third-order valence-electron chi connectivity index (χ3n) is 11.5. The summed E-state index contributed by atoms with van der Waals surface area (Å²) in [4.78, 5) is 0. The maximum atomic E-state index is 6.46. The molecule has 0 amide bonds. The number of benzene rings is 10. The molecule has 0 spiro atoms. The topological polar surface area (TPSA) is 13.1 Å². The quantitative estimate of drug-likeness (QED) is 0.167. The van der Waals surface area contributed by atoms with Crippen LogP contribution in [0.1, 0.15) is 0 Å². The van der Waals surface area contributed by atoms with Crippen LogP contribution in [0.4, 0.5) is 0 Å². The molecule has 0 bridgehead atoms. The molecular weight excluding hydrogens is 673 g/mol. The zero-order valence-corrected chi connectivity index (χ0v) is 30.0. The molecule has 0 aliphatic heterocycles. The average Bonchev–Trinajstić information content (AvgIpc) is 3.81. The van der Waals surface area contributed by atoms with Gasteiger partial charge in [0.1, 0.15) is 11.2 Å². The van der Waals surface area contributed by atoms with Gasteiger partial charge >= 0.3 is 0 Å². The highest BCUT2D eigenvalue weighted by atomic mass is 32.1. The Bertz CT molecular complexity index is 3430. The van der Waals surface area contributed by atoms with Crippen molar-refractivity contribution in [2.45, 2.75) is 0 Å². The predicted molar refractivity (Wildman–Crippen MR) is 233 cm³/mol. The SMILES string of the molecule is c1ccc2c(-c3c4ccccc4c(-c4ccc(-c5ccc6c(ccc7c6sc6ccc8c9ccccc9oc8c67)c5)cc4)c4ccccc34)cccc2c1. The largest absolute Gasteiger partial charge is 0.455 e. The Hall–Kier alpha value is -6.74. The van der Waals surface area contributed by atoms with Crippen molar-refractivity contribution in [2.75, 3.05) is 0 Å². The first-order valence-corrected chi connectivity index (χ1v) is 19.3. The lowest BCUT2D eigenvalue weighted by molar-refractivity contribution is 0.673. The van der Waals surface area contributed by atoms with Crippen molar-refractivity contribution >= 4 is 96.5 Å². The number of fused-ring (bicyclic) bond motifs is 12. The van der Waals surface area contributed by atoms with Gasteiger partial charge in [0.05, 0.1) is 0 Å². The Morgan fingerprint density at radius 3 is 1.72 bits per heavy atom. The fourth-order valence-electron chi connectivity index (χ4n) is 9.01. The van der Waals surface area contributed by atoms with Crippen LogP contribution in [0.15, 0.2) is 186 Å². The highest BCUT2D eigenvalue weighted by Gasteiger charge is 2.19. The monoisotopic (exact) mass is 702 g/mol. The summed E-state index contributed by atoms with van der Waals surface area (Å²) in [6, 6.07) is 66.7. The van der Waals surface area contributed by atoms with Crippen molar-refractivity contribution in [3.8, 4) is 33.4 Å². The molecule has 54 heavy (non-hydrogen) atoms. The smallest absolute Gasteiger partial charge is 0.144 e. The molecule has 12 rings (SSSR count). The Balaban J connectivity index is 0.985. The number of furan rings is 1. The molecule has 12 aromatic rings. The molecule has 0 N–H and O–H groups in total. The van der Waals surface area contributed by atoms with Crippen molar-refractivity contribution in [2.24, 2.45) is 0 Å². The van der Waals surface area contributed by atoms with Gasteiger partial charge in [-0.3, -0.25) is 0 Å². The second-order valence-corrected chi connectivity index (χ2v) is 15.4. The standard InChI is InChI=1S/C52H30OS/c1-2-12-36-32(10-1)11-9-18-39(36)49-42-16-5-3-14-40(42)48(41-15-4-6-17-43(41)49)33-22-20-31(21-23-33)34-24-26-37-35(30-34)25-27-45-50-47(54-52(37)45)29-28-44-38-13-7-8-19-46(38)53-51(44)50/h1-30H. The third kappa shape index (κ3) is 4.26. The second kappa shape index (κ2) is 11.4. The molecule has 2 heterocycles. The van der Waals surface area contributed by atoms with Gasteiger partial charge in [-0.2, -0.15) is 0 Å². The molecule has 10 aromatic carbocycles. The maximum Gasteiger partial charge on any atom is 0.144 e. The number of hydrogen-bond acceptors (Lipinski definition) is 2. The molecule has 0 aliphatic carbocycles. The van der Waals surface area contributed by atoms with Crippen LogP contribution < -0.4 is 0 Å². The third-order valence-corrected chi connectivity index (χ3v) is 12.7. The summed E-state index contributed by atoms with van der Waals surface area (Å²) in [6.07, 6.45) is 0. The van der Waals surface area contributed by atoms with E-state index in [9.17, 15) is 0 Å². The van der Waals surface area contributed by atoms with E-state index in [2.05, 4.69) is 176 Å². The van der Waals surface area contributed by atoms with Gasteiger partial charge < -0.3 is 4.42 Å². The van der Waals surface area contributed by atoms with Crippen molar-refractivity contribution in [1.82, 2.24) is 0 Å². The van der Waals surface area contributed by atoms with E-state index in [1.807, 2.05) is 17.4 Å². The molecular formula is C52H30OS. The van der Waals surface area contributed by atoms with Gasteiger partial charge in [-0.25, -0.2) is 0 Å². The van der Waals surface area contributed by atoms with Gasteiger partial charge in [-0.05, 0) is 101 Å².